The van der Waals surface area contributed by atoms with Gasteiger partial charge in [-0.3, -0.25) is 4.79 Å². The Morgan fingerprint density at radius 2 is 1.92 bits per heavy atom. The maximum absolute atomic E-state index is 13.4. The third-order valence-corrected chi connectivity index (χ3v) is 4.71. The van der Waals surface area contributed by atoms with Gasteiger partial charge in [-0.2, -0.15) is 5.10 Å². The summed E-state index contributed by atoms with van der Waals surface area (Å²) in [5.41, 5.74) is 4.08. The van der Waals surface area contributed by atoms with Crippen molar-refractivity contribution in [3.05, 3.63) is 54.0 Å². The molecule has 0 bridgehead atoms. The lowest BCUT2D eigenvalue weighted by Gasteiger charge is -2.25. The Morgan fingerprint density at radius 3 is 2.72 bits per heavy atom. The van der Waals surface area contributed by atoms with Gasteiger partial charge in [-0.1, -0.05) is 19.1 Å². The van der Waals surface area contributed by atoms with E-state index in [1.807, 2.05) is 36.1 Å². The first-order chi connectivity index (χ1) is 12.0. The largest absolute Gasteiger partial charge is 0.373 e. The van der Waals surface area contributed by atoms with Gasteiger partial charge in [0.1, 0.15) is 0 Å². The molecule has 6 nitrogen and oxygen atoms in total. The van der Waals surface area contributed by atoms with E-state index in [0.717, 1.165) is 29.3 Å². The van der Waals surface area contributed by atoms with Crippen molar-refractivity contribution in [2.24, 2.45) is 5.92 Å². The summed E-state index contributed by atoms with van der Waals surface area (Å²) >= 11 is 0. The Kier molecular flexibility index (Phi) is 3.67. The van der Waals surface area contributed by atoms with Crippen LogP contribution in [0.15, 0.2) is 42.7 Å². The first-order valence-electron chi connectivity index (χ1n) is 8.47. The van der Waals surface area contributed by atoms with Gasteiger partial charge in [-0.25, -0.2) is 9.50 Å². The topological polar surface area (TPSA) is 53.7 Å². The van der Waals surface area contributed by atoms with Gasteiger partial charge in [0.05, 0.1) is 28.8 Å². The number of benzene rings is 1. The molecule has 0 saturated heterocycles. The first-order valence-corrected chi connectivity index (χ1v) is 8.47. The molecule has 0 spiro atoms. The van der Waals surface area contributed by atoms with Crippen LogP contribution in [0.1, 0.15) is 23.0 Å². The van der Waals surface area contributed by atoms with Gasteiger partial charge in [-0.05, 0) is 25.0 Å². The molecule has 128 valence electrons. The van der Waals surface area contributed by atoms with E-state index in [4.69, 9.17) is 0 Å². The Balaban J connectivity index is 1.82. The van der Waals surface area contributed by atoms with E-state index in [0.29, 0.717) is 18.0 Å². The van der Waals surface area contributed by atoms with Crippen molar-refractivity contribution in [1.82, 2.24) is 14.6 Å². The number of anilines is 2. The Bertz CT molecular complexity index is 948. The Morgan fingerprint density at radius 1 is 1.16 bits per heavy atom. The minimum atomic E-state index is -0.0306. The standard InChI is InChI=1S/C19H21N5O/c1-13-10-22(3)16-6-4-5-7-17(16)23(11-13)19(25)15-12-24-18(8-9-20-24)21-14(15)2/h4-9,12-13H,10-11H2,1-3H3/t13-/m0/s1. The van der Waals surface area contributed by atoms with Crippen LogP contribution in [0, 0.1) is 12.8 Å². The van der Waals surface area contributed by atoms with Crippen molar-refractivity contribution in [3.8, 4) is 0 Å². The van der Waals surface area contributed by atoms with Crippen LogP contribution in [0.2, 0.25) is 0 Å². The van der Waals surface area contributed by atoms with Crippen LogP contribution < -0.4 is 9.80 Å². The number of aryl methyl sites for hydroxylation is 1. The highest BCUT2D eigenvalue weighted by Crippen LogP contribution is 2.33. The zero-order valence-electron chi connectivity index (χ0n) is 14.7. The fraction of sp³-hybridized carbons (Fsp3) is 0.316. The SMILES string of the molecule is Cc1nc2ccnn2cc1C(=O)N1C[C@@H](C)CN(C)c2ccccc21. The molecule has 2 aromatic heterocycles. The van der Waals surface area contributed by atoms with Crippen LogP contribution in [0.25, 0.3) is 5.65 Å². The predicted octanol–water partition coefficient (Wildman–Crippen LogP) is 2.77. The van der Waals surface area contributed by atoms with E-state index in [1.54, 1.807) is 16.9 Å². The van der Waals surface area contributed by atoms with E-state index in [-0.39, 0.29) is 5.91 Å². The van der Waals surface area contributed by atoms with Gasteiger partial charge in [0.25, 0.3) is 5.91 Å². The zero-order chi connectivity index (χ0) is 17.6. The quantitative estimate of drug-likeness (QED) is 0.686. The molecule has 1 amide bonds. The molecule has 25 heavy (non-hydrogen) atoms. The minimum absolute atomic E-state index is 0.0306. The summed E-state index contributed by atoms with van der Waals surface area (Å²) in [6, 6.07) is 9.90. The maximum Gasteiger partial charge on any atom is 0.261 e. The summed E-state index contributed by atoms with van der Waals surface area (Å²) in [5.74, 6) is 0.333. The molecule has 1 aliphatic rings. The van der Waals surface area contributed by atoms with E-state index in [2.05, 4.69) is 35.0 Å². The second-order valence-electron chi connectivity index (χ2n) is 6.76. The minimum Gasteiger partial charge on any atom is -0.373 e. The van der Waals surface area contributed by atoms with E-state index in [9.17, 15) is 4.79 Å². The average Bonchev–Trinajstić information content (AvgIpc) is 3.00. The zero-order valence-corrected chi connectivity index (χ0v) is 14.7. The lowest BCUT2D eigenvalue weighted by molar-refractivity contribution is 0.0982. The number of aromatic nitrogens is 3. The summed E-state index contributed by atoms with van der Waals surface area (Å²) in [5, 5.41) is 4.21. The van der Waals surface area contributed by atoms with Crippen molar-refractivity contribution in [1.29, 1.82) is 0 Å². The highest BCUT2D eigenvalue weighted by molar-refractivity contribution is 6.08. The number of carbonyl (C=O) groups is 1. The number of amides is 1. The molecule has 1 atom stereocenters. The predicted molar refractivity (Wildman–Crippen MR) is 98.3 cm³/mol. The van der Waals surface area contributed by atoms with E-state index >= 15 is 0 Å². The third kappa shape index (κ3) is 2.63. The summed E-state index contributed by atoms with van der Waals surface area (Å²) in [6.07, 6.45) is 3.47. The number of carbonyl (C=O) groups excluding carboxylic acids is 1. The number of rotatable bonds is 1. The smallest absolute Gasteiger partial charge is 0.261 e. The molecule has 0 radical (unpaired) electrons. The molecular formula is C19H21N5O. The molecule has 0 aliphatic carbocycles. The molecule has 3 aromatic rings. The fourth-order valence-electron chi connectivity index (χ4n) is 3.54. The normalized spacial score (nSPS) is 17.5. The number of para-hydroxylation sites is 2. The monoisotopic (exact) mass is 335 g/mol. The molecule has 1 aromatic carbocycles. The van der Waals surface area contributed by atoms with Crippen molar-refractivity contribution in [2.75, 3.05) is 29.9 Å². The van der Waals surface area contributed by atoms with E-state index in [1.165, 1.54) is 0 Å². The maximum atomic E-state index is 13.4. The molecule has 1 aliphatic heterocycles. The number of hydrogen-bond acceptors (Lipinski definition) is 4. The van der Waals surface area contributed by atoms with Gasteiger partial charge in [-0.15, -0.1) is 0 Å². The summed E-state index contributed by atoms with van der Waals surface area (Å²) in [6.45, 7) is 5.64. The molecule has 0 N–H and O–H groups in total. The van der Waals surface area contributed by atoms with Gasteiger partial charge >= 0.3 is 0 Å². The van der Waals surface area contributed by atoms with Gasteiger partial charge < -0.3 is 9.80 Å². The van der Waals surface area contributed by atoms with Crippen LogP contribution >= 0.6 is 0 Å². The van der Waals surface area contributed by atoms with Crippen LogP contribution in [0.4, 0.5) is 11.4 Å². The lowest BCUT2D eigenvalue weighted by Crippen LogP contribution is -2.35. The Labute approximate surface area is 146 Å². The summed E-state index contributed by atoms with van der Waals surface area (Å²) in [4.78, 5) is 22.0. The highest BCUT2D eigenvalue weighted by Gasteiger charge is 2.28. The molecule has 6 heteroatoms. The van der Waals surface area contributed by atoms with Crippen molar-refractivity contribution < 1.29 is 4.79 Å². The summed E-state index contributed by atoms with van der Waals surface area (Å²) in [7, 11) is 2.08. The van der Waals surface area contributed by atoms with Gasteiger partial charge in [0.15, 0.2) is 5.65 Å². The molecule has 0 fully saturated rings. The van der Waals surface area contributed by atoms with Gasteiger partial charge in [0, 0.05) is 32.4 Å². The average molecular weight is 335 g/mol. The molecule has 4 rings (SSSR count). The van der Waals surface area contributed by atoms with Crippen LogP contribution in [-0.4, -0.2) is 40.6 Å². The van der Waals surface area contributed by atoms with Crippen molar-refractivity contribution in [3.63, 3.8) is 0 Å². The van der Waals surface area contributed by atoms with Crippen LogP contribution in [-0.2, 0) is 0 Å². The second kappa shape index (κ2) is 5.88. The van der Waals surface area contributed by atoms with Crippen LogP contribution in [0.5, 0.6) is 0 Å². The third-order valence-electron chi connectivity index (χ3n) is 4.71. The number of fused-ring (bicyclic) bond motifs is 2. The molecule has 0 unspecified atom stereocenters. The lowest BCUT2D eigenvalue weighted by atomic mass is 10.1. The molecular weight excluding hydrogens is 314 g/mol. The van der Waals surface area contributed by atoms with Crippen molar-refractivity contribution in [2.45, 2.75) is 13.8 Å². The molecule has 0 saturated carbocycles. The van der Waals surface area contributed by atoms with E-state index < -0.39 is 0 Å². The molecule has 3 heterocycles. The number of hydrogen-bond donors (Lipinski definition) is 0. The Hall–Kier alpha value is -2.89. The highest BCUT2D eigenvalue weighted by atomic mass is 16.2. The van der Waals surface area contributed by atoms with Gasteiger partial charge in [0.2, 0.25) is 0 Å². The second-order valence-corrected chi connectivity index (χ2v) is 6.76. The van der Waals surface area contributed by atoms with Crippen molar-refractivity contribution >= 4 is 22.9 Å². The fourth-order valence-corrected chi connectivity index (χ4v) is 3.54. The first kappa shape index (κ1) is 15.6. The number of nitrogens with zero attached hydrogens (tertiary/aromatic N) is 5. The van der Waals surface area contributed by atoms with Crippen LogP contribution in [0.3, 0.4) is 0 Å². The summed E-state index contributed by atoms with van der Waals surface area (Å²) < 4.78 is 1.65.